The van der Waals surface area contributed by atoms with Crippen molar-refractivity contribution in [3.8, 4) is 11.5 Å². The lowest BCUT2D eigenvalue weighted by Gasteiger charge is -2.33. The highest BCUT2D eigenvalue weighted by atomic mass is 32.2. The topological polar surface area (TPSA) is 105 Å². The number of likely N-dealkylation sites (N-methyl/N-ethyl adjacent to an activating group) is 1. The van der Waals surface area contributed by atoms with Crippen LogP contribution in [0.3, 0.4) is 0 Å². The zero-order chi connectivity index (χ0) is 29.4. The van der Waals surface area contributed by atoms with E-state index in [2.05, 4.69) is 5.32 Å². The minimum Gasteiger partial charge on any atom is -0.493 e. The Morgan fingerprint density at radius 3 is 2.15 bits per heavy atom. The molecule has 0 unspecified atom stereocenters. The molecule has 3 aromatic carbocycles. The van der Waals surface area contributed by atoms with Gasteiger partial charge < -0.3 is 19.7 Å². The van der Waals surface area contributed by atoms with Crippen molar-refractivity contribution in [2.24, 2.45) is 0 Å². The number of aryl methyl sites for hydroxylation is 2. The fourth-order valence-electron chi connectivity index (χ4n) is 4.44. The van der Waals surface area contributed by atoms with Crippen LogP contribution in [0.2, 0.25) is 0 Å². The number of anilines is 1. The number of carbonyl (C=O) groups excluding carboxylic acids is 2. The number of rotatable bonds is 12. The maximum atomic E-state index is 14.0. The number of hydrogen-bond donors (Lipinski definition) is 1. The lowest BCUT2D eigenvalue weighted by molar-refractivity contribution is -0.140. The Kier molecular flexibility index (Phi) is 10.2. The van der Waals surface area contributed by atoms with Gasteiger partial charge in [0.1, 0.15) is 12.6 Å². The standard InChI is InChI=1S/C30H37N3O6S/c1-7-26(30(35)31-4)32(19-23-10-8-9-22(3)17-23)29(34)20-33(24-13-16-27(38-5)28(18-24)39-6)40(36,37)25-14-11-21(2)12-15-25/h8-18,26H,7,19-20H2,1-6H3,(H,31,35)/t26-/m1/s1. The second-order valence-electron chi connectivity index (χ2n) is 9.41. The number of carbonyl (C=O) groups is 2. The van der Waals surface area contributed by atoms with Crippen molar-refractivity contribution in [1.29, 1.82) is 0 Å². The fourth-order valence-corrected chi connectivity index (χ4v) is 5.85. The van der Waals surface area contributed by atoms with E-state index in [0.29, 0.717) is 17.9 Å². The average Bonchev–Trinajstić information content (AvgIpc) is 2.95. The molecule has 0 aliphatic rings. The molecule has 0 saturated carbocycles. The van der Waals surface area contributed by atoms with Crippen LogP contribution < -0.4 is 19.1 Å². The van der Waals surface area contributed by atoms with Gasteiger partial charge in [0, 0.05) is 19.7 Å². The van der Waals surface area contributed by atoms with Crippen LogP contribution in [0.15, 0.2) is 71.6 Å². The number of hydrogen-bond acceptors (Lipinski definition) is 6. The van der Waals surface area contributed by atoms with Gasteiger partial charge in [0.25, 0.3) is 10.0 Å². The summed E-state index contributed by atoms with van der Waals surface area (Å²) in [5.41, 5.74) is 2.95. The molecule has 0 saturated heterocycles. The Morgan fingerprint density at radius 2 is 1.57 bits per heavy atom. The Hall–Kier alpha value is -4.05. The quantitative estimate of drug-likeness (QED) is 0.354. The fraction of sp³-hybridized carbons (Fsp3) is 0.333. The van der Waals surface area contributed by atoms with Gasteiger partial charge in [-0.25, -0.2) is 8.42 Å². The summed E-state index contributed by atoms with van der Waals surface area (Å²) in [7, 11) is 0.249. The number of ether oxygens (including phenoxy) is 2. The number of benzene rings is 3. The van der Waals surface area contributed by atoms with Crippen molar-refractivity contribution in [3.63, 3.8) is 0 Å². The first-order valence-corrected chi connectivity index (χ1v) is 14.4. The molecule has 40 heavy (non-hydrogen) atoms. The van der Waals surface area contributed by atoms with E-state index in [9.17, 15) is 18.0 Å². The molecular formula is C30H37N3O6S. The second kappa shape index (κ2) is 13.3. The molecule has 0 spiro atoms. The first-order chi connectivity index (χ1) is 19.0. The van der Waals surface area contributed by atoms with Crippen molar-refractivity contribution in [2.75, 3.05) is 32.1 Å². The molecule has 9 nitrogen and oxygen atoms in total. The third-order valence-electron chi connectivity index (χ3n) is 6.61. The van der Waals surface area contributed by atoms with Crippen LogP contribution >= 0.6 is 0 Å². The average molecular weight is 568 g/mol. The largest absolute Gasteiger partial charge is 0.493 e. The van der Waals surface area contributed by atoms with Crippen LogP contribution in [-0.2, 0) is 26.2 Å². The summed E-state index contributed by atoms with van der Waals surface area (Å²) in [5, 5.41) is 2.63. The number of sulfonamides is 1. The third kappa shape index (κ3) is 6.93. The van der Waals surface area contributed by atoms with Gasteiger partial charge in [-0.15, -0.1) is 0 Å². The Labute approximate surface area is 236 Å². The van der Waals surface area contributed by atoms with Gasteiger partial charge in [0.15, 0.2) is 11.5 Å². The Balaban J connectivity index is 2.12. The van der Waals surface area contributed by atoms with E-state index < -0.39 is 28.5 Å². The van der Waals surface area contributed by atoms with E-state index in [4.69, 9.17) is 9.47 Å². The molecular weight excluding hydrogens is 530 g/mol. The molecule has 3 rings (SSSR count). The van der Waals surface area contributed by atoms with Gasteiger partial charge in [-0.3, -0.25) is 13.9 Å². The molecule has 3 aromatic rings. The molecule has 10 heteroatoms. The van der Waals surface area contributed by atoms with Gasteiger partial charge in [-0.1, -0.05) is 54.4 Å². The molecule has 0 aliphatic heterocycles. The predicted molar refractivity (Wildman–Crippen MR) is 155 cm³/mol. The zero-order valence-electron chi connectivity index (χ0n) is 23.8. The van der Waals surface area contributed by atoms with Gasteiger partial charge in [-0.2, -0.15) is 0 Å². The maximum absolute atomic E-state index is 14.0. The molecule has 2 amide bonds. The lowest BCUT2D eigenvalue weighted by atomic mass is 10.1. The van der Waals surface area contributed by atoms with E-state index in [1.807, 2.05) is 45.0 Å². The molecule has 1 atom stereocenters. The highest BCUT2D eigenvalue weighted by Crippen LogP contribution is 2.34. The van der Waals surface area contributed by atoms with E-state index in [-0.39, 0.29) is 23.0 Å². The molecule has 0 bridgehead atoms. The molecule has 0 aliphatic carbocycles. The SMILES string of the molecule is CC[C@H](C(=O)NC)N(Cc1cccc(C)c1)C(=O)CN(c1ccc(OC)c(OC)c1)S(=O)(=O)c1ccc(C)cc1. The van der Waals surface area contributed by atoms with E-state index in [0.717, 1.165) is 21.0 Å². The first-order valence-electron chi connectivity index (χ1n) is 12.9. The van der Waals surface area contributed by atoms with E-state index >= 15 is 0 Å². The summed E-state index contributed by atoms with van der Waals surface area (Å²) in [6.07, 6.45) is 0.346. The normalized spacial score (nSPS) is 11.8. The van der Waals surface area contributed by atoms with Gasteiger partial charge in [0.2, 0.25) is 11.8 Å². The summed E-state index contributed by atoms with van der Waals surface area (Å²) in [5.74, 6) is -0.132. The molecule has 0 fully saturated rings. The number of methoxy groups -OCH3 is 2. The first kappa shape index (κ1) is 30.5. The monoisotopic (exact) mass is 567 g/mol. The molecule has 214 valence electrons. The van der Waals surface area contributed by atoms with Gasteiger partial charge in [0.05, 0.1) is 24.8 Å². The second-order valence-corrected chi connectivity index (χ2v) is 11.3. The molecule has 0 aromatic heterocycles. The number of nitrogens with zero attached hydrogens (tertiary/aromatic N) is 2. The van der Waals surface area contributed by atoms with Gasteiger partial charge in [-0.05, 0) is 50.1 Å². The highest BCUT2D eigenvalue weighted by molar-refractivity contribution is 7.92. The number of nitrogens with one attached hydrogen (secondary N) is 1. The number of amides is 2. The van der Waals surface area contributed by atoms with Crippen LogP contribution in [0.5, 0.6) is 11.5 Å². The smallest absolute Gasteiger partial charge is 0.264 e. The third-order valence-corrected chi connectivity index (χ3v) is 8.40. The summed E-state index contributed by atoms with van der Waals surface area (Å²) in [6, 6.07) is 17.9. The molecule has 1 N–H and O–H groups in total. The van der Waals surface area contributed by atoms with Crippen molar-refractivity contribution in [2.45, 2.75) is 44.7 Å². The maximum Gasteiger partial charge on any atom is 0.264 e. The van der Waals surface area contributed by atoms with Gasteiger partial charge >= 0.3 is 0 Å². The highest BCUT2D eigenvalue weighted by Gasteiger charge is 2.33. The summed E-state index contributed by atoms with van der Waals surface area (Å²) in [4.78, 5) is 28.3. The summed E-state index contributed by atoms with van der Waals surface area (Å²) < 4.78 is 39.8. The van der Waals surface area contributed by atoms with Crippen LogP contribution in [0.25, 0.3) is 0 Å². The lowest BCUT2D eigenvalue weighted by Crippen LogP contribution is -2.51. The van der Waals surface area contributed by atoms with E-state index in [1.54, 1.807) is 24.3 Å². The zero-order valence-corrected chi connectivity index (χ0v) is 24.6. The Morgan fingerprint density at radius 1 is 0.900 bits per heavy atom. The van der Waals surface area contributed by atoms with Crippen molar-refractivity contribution in [3.05, 3.63) is 83.4 Å². The van der Waals surface area contributed by atoms with Crippen LogP contribution in [-0.4, -0.2) is 59.0 Å². The predicted octanol–water partition coefficient (Wildman–Crippen LogP) is 4.07. The molecule has 0 heterocycles. The summed E-state index contributed by atoms with van der Waals surface area (Å²) in [6.45, 7) is 5.21. The van der Waals surface area contributed by atoms with E-state index in [1.165, 1.54) is 44.4 Å². The molecule has 0 radical (unpaired) electrons. The van der Waals surface area contributed by atoms with Crippen LogP contribution in [0.4, 0.5) is 5.69 Å². The van der Waals surface area contributed by atoms with Crippen LogP contribution in [0, 0.1) is 13.8 Å². The van der Waals surface area contributed by atoms with Crippen molar-refractivity contribution >= 4 is 27.5 Å². The van der Waals surface area contributed by atoms with Crippen LogP contribution in [0.1, 0.15) is 30.0 Å². The minimum atomic E-state index is -4.19. The minimum absolute atomic E-state index is 0.0317. The van der Waals surface area contributed by atoms with Crippen molar-refractivity contribution in [1.82, 2.24) is 10.2 Å². The van der Waals surface area contributed by atoms with Crippen molar-refractivity contribution < 1.29 is 27.5 Å². The Bertz CT molecular complexity index is 1440. The summed E-state index contributed by atoms with van der Waals surface area (Å²) >= 11 is 0.